The molecule has 1 aromatic heterocycles. The Morgan fingerprint density at radius 1 is 1.52 bits per heavy atom. The van der Waals surface area contributed by atoms with Crippen molar-refractivity contribution < 1.29 is 14.3 Å². The number of ether oxygens (including phenoxy) is 1. The zero-order valence-electron chi connectivity index (χ0n) is 13.8. The van der Waals surface area contributed by atoms with E-state index < -0.39 is 5.91 Å². The van der Waals surface area contributed by atoms with E-state index in [1.165, 1.54) is 6.20 Å². The second-order valence-corrected chi connectivity index (χ2v) is 6.18. The molecule has 2 atom stereocenters. The lowest BCUT2D eigenvalue weighted by molar-refractivity contribution is -0.134. The Kier molecular flexibility index (Phi) is 5.96. The van der Waals surface area contributed by atoms with Crippen LogP contribution in [0.4, 0.5) is 0 Å². The van der Waals surface area contributed by atoms with Gasteiger partial charge in [-0.2, -0.15) is 0 Å². The van der Waals surface area contributed by atoms with Gasteiger partial charge < -0.3 is 15.4 Å². The average molecular weight is 319 g/mol. The summed E-state index contributed by atoms with van der Waals surface area (Å²) in [6.45, 7) is 5.57. The smallest absolute Gasteiger partial charge is 0.267 e. The number of likely N-dealkylation sites (tertiary alicyclic amines) is 1. The number of pyridine rings is 1. The molecule has 0 bridgehead atoms. The Hall–Kier alpha value is -2.11. The minimum absolute atomic E-state index is 0.0623. The van der Waals surface area contributed by atoms with Crippen molar-refractivity contribution in [3.05, 3.63) is 24.0 Å². The van der Waals surface area contributed by atoms with Gasteiger partial charge in [-0.15, -0.1) is 0 Å². The number of aromatic nitrogens is 1. The first-order chi connectivity index (χ1) is 11.0. The van der Waals surface area contributed by atoms with Gasteiger partial charge in [0.2, 0.25) is 5.91 Å². The molecule has 2 N–H and O–H groups in total. The Labute approximate surface area is 137 Å². The number of nitrogens with two attached hydrogens (primary N) is 1. The average Bonchev–Trinajstić information content (AvgIpc) is 2.55. The molecule has 0 spiro atoms. The highest BCUT2D eigenvalue weighted by molar-refractivity contribution is 5.91. The van der Waals surface area contributed by atoms with Gasteiger partial charge in [0.25, 0.3) is 5.91 Å². The summed E-state index contributed by atoms with van der Waals surface area (Å²) >= 11 is 0. The summed E-state index contributed by atoms with van der Waals surface area (Å²) in [4.78, 5) is 29.3. The second-order valence-electron chi connectivity index (χ2n) is 6.18. The zero-order valence-corrected chi connectivity index (χ0v) is 13.8. The van der Waals surface area contributed by atoms with Crippen LogP contribution < -0.4 is 10.5 Å². The zero-order chi connectivity index (χ0) is 16.8. The third kappa shape index (κ3) is 4.94. The molecule has 1 aliphatic heterocycles. The third-order valence-electron chi connectivity index (χ3n) is 4.24. The number of piperidine rings is 1. The van der Waals surface area contributed by atoms with E-state index in [-0.39, 0.29) is 17.7 Å². The fraction of sp³-hybridized carbons (Fsp3) is 0.588. The van der Waals surface area contributed by atoms with Crippen LogP contribution in [0.25, 0.3) is 0 Å². The molecular formula is C17H25N3O3. The van der Waals surface area contributed by atoms with Crippen molar-refractivity contribution in [2.24, 2.45) is 11.7 Å². The van der Waals surface area contributed by atoms with E-state index in [9.17, 15) is 9.59 Å². The Morgan fingerprint density at radius 2 is 2.30 bits per heavy atom. The van der Waals surface area contributed by atoms with Gasteiger partial charge in [-0.3, -0.25) is 14.6 Å². The van der Waals surface area contributed by atoms with Crippen molar-refractivity contribution in [1.29, 1.82) is 0 Å². The molecule has 2 amide bonds. The van der Waals surface area contributed by atoms with Gasteiger partial charge in [0.1, 0.15) is 17.5 Å². The molecule has 0 radical (unpaired) electrons. The molecule has 1 fully saturated rings. The highest BCUT2D eigenvalue weighted by Gasteiger charge is 2.25. The van der Waals surface area contributed by atoms with Crippen LogP contribution in [0.3, 0.4) is 0 Å². The number of primary amides is 1. The molecule has 6 heteroatoms. The van der Waals surface area contributed by atoms with E-state index >= 15 is 0 Å². The first kappa shape index (κ1) is 17.2. The van der Waals surface area contributed by atoms with Gasteiger partial charge in [-0.05, 0) is 24.8 Å². The summed E-state index contributed by atoms with van der Waals surface area (Å²) in [6.07, 6.45) is 4.85. The number of nitrogens with zero attached hydrogens (tertiary/aromatic N) is 2. The fourth-order valence-electron chi connectivity index (χ4n) is 2.64. The Morgan fingerprint density at radius 3 is 3.00 bits per heavy atom. The van der Waals surface area contributed by atoms with Crippen LogP contribution in [0, 0.1) is 5.92 Å². The van der Waals surface area contributed by atoms with E-state index in [2.05, 4.69) is 18.8 Å². The highest BCUT2D eigenvalue weighted by Crippen LogP contribution is 2.20. The summed E-state index contributed by atoms with van der Waals surface area (Å²) in [7, 11) is 0. The lowest BCUT2D eigenvalue weighted by Gasteiger charge is -2.33. The highest BCUT2D eigenvalue weighted by atomic mass is 16.5. The van der Waals surface area contributed by atoms with Crippen molar-refractivity contribution in [2.45, 2.75) is 45.6 Å². The number of amides is 2. The fourth-order valence-corrected chi connectivity index (χ4v) is 2.64. The minimum atomic E-state index is -0.579. The number of carbonyl (C=O) groups is 2. The summed E-state index contributed by atoms with van der Waals surface area (Å²) in [5.74, 6) is 0.585. The molecule has 1 aliphatic rings. The van der Waals surface area contributed by atoms with Crippen molar-refractivity contribution >= 4 is 11.8 Å². The number of hydrogen-bond acceptors (Lipinski definition) is 4. The number of hydrogen-bond donors (Lipinski definition) is 1. The normalized spacial score (nSPS) is 19.2. The predicted molar refractivity (Wildman–Crippen MR) is 87.1 cm³/mol. The summed E-state index contributed by atoms with van der Waals surface area (Å²) < 4.78 is 5.92. The standard InChI is InChI=1S/C17H25N3O3/c1-3-12(2)9-16(21)20-8-4-5-14(11-20)23-13-6-7-19-15(10-13)17(18)22/h6-7,10,12,14H,3-5,8-9,11H2,1-2H3,(H2,18,22). The SMILES string of the molecule is CCC(C)CC(=O)N1CCCC(Oc2ccnc(C(N)=O)c2)C1. The number of carbonyl (C=O) groups excluding carboxylic acids is 2. The molecule has 2 heterocycles. The molecule has 6 nitrogen and oxygen atoms in total. The molecule has 23 heavy (non-hydrogen) atoms. The minimum Gasteiger partial charge on any atom is -0.488 e. The van der Waals surface area contributed by atoms with Crippen LogP contribution in [0.2, 0.25) is 0 Å². The molecule has 2 unspecified atom stereocenters. The van der Waals surface area contributed by atoms with E-state index in [4.69, 9.17) is 10.5 Å². The van der Waals surface area contributed by atoms with Crippen molar-refractivity contribution in [1.82, 2.24) is 9.88 Å². The van der Waals surface area contributed by atoms with E-state index in [0.29, 0.717) is 24.6 Å². The summed E-state index contributed by atoms with van der Waals surface area (Å²) in [6, 6.07) is 3.24. The monoisotopic (exact) mass is 319 g/mol. The predicted octanol–water partition coefficient (Wildman–Crippen LogP) is 1.99. The van der Waals surface area contributed by atoms with Gasteiger partial charge in [-0.25, -0.2) is 0 Å². The maximum Gasteiger partial charge on any atom is 0.267 e. The van der Waals surface area contributed by atoms with Crippen LogP contribution in [0.1, 0.15) is 50.0 Å². The van der Waals surface area contributed by atoms with Gasteiger partial charge in [0.15, 0.2) is 0 Å². The molecule has 126 valence electrons. The third-order valence-corrected chi connectivity index (χ3v) is 4.24. The van der Waals surface area contributed by atoms with Crippen LogP contribution in [-0.2, 0) is 4.79 Å². The largest absolute Gasteiger partial charge is 0.488 e. The number of rotatable bonds is 6. The Balaban J connectivity index is 1.95. The van der Waals surface area contributed by atoms with Gasteiger partial charge in [0, 0.05) is 25.2 Å². The topological polar surface area (TPSA) is 85.5 Å². The van der Waals surface area contributed by atoms with Crippen LogP contribution in [0.5, 0.6) is 5.75 Å². The maximum atomic E-state index is 12.3. The quantitative estimate of drug-likeness (QED) is 0.869. The molecule has 1 aromatic rings. The lowest BCUT2D eigenvalue weighted by atomic mass is 10.0. The molecular weight excluding hydrogens is 294 g/mol. The molecule has 0 aromatic carbocycles. The molecule has 2 rings (SSSR count). The summed E-state index contributed by atoms with van der Waals surface area (Å²) in [5.41, 5.74) is 5.41. The first-order valence-corrected chi connectivity index (χ1v) is 8.19. The van der Waals surface area contributed by atoms with E-state index in [1.54, 1.807) is 12.1 Å². The molecule has 1 saturated heterocycles. The maximum absolute atomic E-state index is 12.3. The van der Waals surface area contributed by atoms with Gasteiger partial charge >= 0.3 is 0 Å². The van der Waals surface area contributed by atoms with Crippen molar-refractivity contribution in [3.8, 4) is 5.75 Å². The summed E-state index contributed by atoms with van der Waals surface area (Å²) in [5, 5.41) is 0. The Bertz CT molecular complexity index is 562. The van der Waals surface area contributed by atoms with Gasteiger partial charge in [0.05, 0.1) is 6.54 Å². The lowest BCUT2D eigenvalue weighted by Crippen LogP contribution is -2.44. The van der Waals surface area contributed by atoms with E-state index in [0.717, 1.165) is 25.8 Å². The van der Waals surface area contributed by atoms with E-state index in [1.807, 2.05) is 4.90 Å². The van der Waals surface area contributed by atoms with Crippen LogP contribution >= 0.6 is 0 Å². The first-order valence-electron chi connectivity index (χ1n) is 8.19. The van der Waals surface area contributed by atoms with Crippen molar-refractivity contribution in [2.75, 3.05) is 13.1 Å². The molecule has 0 saturated carbocycles. The second kappa shape index (κ2) is 7.94. The van der Waals surface area contributed by atoms with Crippen molar-refractivity contribution in [3.63, 3.8) is 0 Å². The molecule has 0 aliphatic carbocycles. The van der Waals surface area contributed by atoms with Crippen LogP contribution in [0.15, 0.2) is 18.3 Å². The van der Waals surface area contributed by atoms with Gasteiger partial charge in [-0.1, -0.05) is 20.3 Å². The van der Waals surface area contributed by atoms with Crippen LogP contribution in [-0.4, -0.2) is 40.9 Å².